The van der Waals surface area contributed by atoms with Crippen LogP contribution < -0.4 is 0 Å². The van der Waals surface area contributed by atoms with Gasteiger partial charge in [0.2, 0.25) is 0 Å². The van der Waals surface area contributed by atoms with E-state index >= 15 is 0 Å². The van der Waals surface area contributed by atoms with E-state index < -0.39 is 11.1 Å². The monoisotopic (exact) mass is 378 g/mol. The fourth-order valence-electron chi connectivity index (χ4n) is 3.00. The van der Waals surface area contributed by atoms with Crippen LogP contribution in [0.1, 0.15) is 53.4 Å². The van der Waals surface area contributed by atoms with Crippen LogP contribution in [-0.4, -0.2) is 58.7 Å². The lowest BCUT2D eigenvalue weighted by Crippen LogP contribution is -2.44. The number of hydrogen-bond donors (Lipinski definition) is 2. The minimum Gasteiger partial charge on any atom is -0.358 e. The number of hydrogen-bond acceptors (Lipinski definition) is 4. The summed E-state index contributed by atoms with van der Waals surface area (Å²) in [6, 6.07) is 0. The Balaban J connectivity index is 0.00000264. The molecule has 140 valence electrons. The van der Waals surface area contributed by atoms with Crippen molar-refractivity contribution in [3.8, 4) is 0 Å². The van der Waals surface area contributed by atoms with Crippen LogP contribution in [0.2, 0.25) is 0 Å². The second-order valence-electron chi connectivity index (χ2n) is 7.40. The molecular formula is C16H32Cl2N6. The van der Waals surface area contributed by atoms with Gasteiger partial charge in [-0.05, 0) is 53.4 Å². The maximum atomic E-state index is 8.38. The summed E-state index contributed by atoms with van der Waals surface area (Å²) in [5, 5.41) is 25.7. The average Bonchev–Trinajstić information content (AvgIpc) is 3.16. The first-order chi connectivity index (χ1) is 10.2. The highest BCUT2D eigenvalue weighted by Gasteiger charge is 2.33. The molecule has 2 rings (SSSR count). The van der Waals surface area contributed by atoms with Crippen molar-refractivity contribution in [1.29, 1.82) is 10.8 Å². The van der Waals surface area contributed by atoms with Gasteiger partial charge in [0.1, 0.15) is 22.7 Å². The number of azo groups is 1. The molecule has 2 N–H and O–H groups in total. The molecule has 2 heterocycles. The Kier molecular flexibility index (Phi) is 8.67. The highest BCUT2D eigenvalue weighted by atomic mass is 35.5. The quantitative estimate of drug-likeness (QED) is 0.440. The van der Waals surface area contributed by atoms with Crippen molar-refractivity contribution in [1.82, 2.24) is 9.80 Å². The molecule has 2 aliphatic rings. The van der Waals surface area contributed by atoms with Gasteiger partial charge in [-0.1, -0.05) is 0 Å². The standard InChI is InChI=1S/C16H30N6.2ClH/c1-15(2,13(17)21-9-5-6-10-21)19-20-16(3,4)14(18)22-11-7-8-12-22;;/h17-18H,5-12H2,1-4H3;2*1H. The first-order valence-corrected chi connectivity index (χ1v) is 8.36. The van der Waals surface area contributed by atoms with E-state index in [1.807, 2.05) is 27.7 Å². The van der Waals surface area contributed by atoms with Crippen LogP contribution in [0.3, 0.4) is 0 Å². The van der Waals surface area contributed by atoms with Crippen molar-refractivity contribution in [3.05, 3.63) is 0 Å². The topological polar surface area (TPSA) is 78.9 Å². The maximum absolute atomic E-state index is 8.38. The van der Waals surface area contributed by atoms with Gasteiger partial charge in [-0.25, -0.2) is 0 Å². The van der Waals surface area contributed by atoms with E-state index in [-0.39, 0.29) is 24.8 Å². The van der Waals surface area contributed by atoms with Crippen LogP contribution in [0.5, 0.6) is 0 Å². The Bertz CT molecular complexity index is 421. The van der Waals surface area contributed by atoms with Crippen molar-refractivity contribution in [2.45, 2.75) is 64.5 Å². The molecule has 0 amide bonds. The van der Waals surface area contributed by atoms with Crippen LogP contribution in [0.15, 0.2) is 10.2 Å². The number of nitrogens with zero attached hydrogens (tertiary/aromatic N) is 4. The molecule has 24 heavy (non-hydrogen) atoms. The second-order valence-corrected chi connectivity index (χ2v) is 7.40. The Labute approximate surface area is 158 Å². The molecular weight excluding hydrogens is 347 g/mol. The van der Waals surface area contributed by atoms with Gasteiger partial charge in [0.25, 0.3) is 0 Å². The molecule has 2 saturated heterocycles. The van der Waals surface area contributed by atoms with E-state index in [1.54, 1.807) is 0 Å². The normalized spacial score (nSPS) is 18.5. The van der Waals surface area contributed by atoms with Crippen LogP contribution in [0.25, 0.3) is 0 Å². The van der Waals surface area contributed by atoms with Gasteiger partial charge in [0.15, 0.2) is 0 Å². The Morgan fingerprint density at radius 1 is 0.667 bits per heavy atom. The molecule has 0 saturated carbocycles. The number of amidine groups is 2. The zero-order chi connectivity index (χ0) is 16.4. The Morgan fingerprint density at radius 3 is 1.17 bits per heavy atom. The Morgan fingerprint density at radius 2 is 0.917 bits per heavy atom. The van der Waals surface area contributed by atoms with E-state index in [9.17, 15) is 0 Å². The number of rotatable bonds is 4. The average molecular weight is 379 g/mol. The van der Waals surface area contributed by atoms with Crippen LogP contribution >= 0.6 is 24.8 Å². The fourth-order valence-corrected chi connectivity index (χ4v) is 3.00. The predicted molar refractivity (Wildman–Crippen MR) is 105 cm³/mol. The summed E-state index contributed by atoms with van der Waals surface area (Å²) in [5.74, 6) is 1.08. The summed E-state index contributed by atoms with van der Waals surface area (Å²) in [7, 11) is 0. The van der Waals surface area contributed by atoms with Crippen molar-refractivity contribution in [2.75, 3.05) is 26.2 Å². The van der Waals surface area contributed by atoms with E-state index in [0.29, 0.717) is 11.7 Å². The highest BCUT2D eigenvalue weighted by molar-refractivity contribution is 5.89. The van der Waals surface area contributed by atoms with Crippen molar-refractivity contribution >= 4 is 36.5 Å². The molecule has 0 unspecified atom stereocenters. The van der Waals surface area contributed by atoms with Crippen LogP contribution in [0, 0.1) is 10.8 Å². The smallest absolute Gasteiger partial charge is 0.132 e. The lowest BCUT2D eigenvalue weighted by atomic mass is 10.0. The van der Waals surface area contributed by atoms with Gasteiger partial charge in [-0.3, -0.25) is 10.8 Å². The number of likely N-dealkylation sites (tertiary alicyclic amines) is 2. The molecule has 0 aromatic rings. The minimum atomic E-state index is -0.632. The van der Waals surface area contributed by atoms with Gasteiger partial charge in [0, 0.05) is 26.2 Å². The summed E-state index contributed by atoms with van der Waals surface area (Å²) < 4.78 is 0. The maximum Gasteiger partial charge on any atom is 0.132 e. The summed E-state index contributed by atoms with van der Waals surface area (Å²) in [4.78, 5) is 4.19. The van der Waals surface area contributed by atoms with Gasteiger partial charge >= 0.3 is 0 Å². The molecule has 8 heteroatoms. The molecule has 0 aromatic carbocycles. The van der Waals surface area contributed by atoms with E-state index in [4.69, 9.17) is 10.8 Å². The summed E-state index contributed by atoms with van der Waals surface area (Å²) in [5.41, 5.74) is -1.26. The van der Waals surface area contributed by atoms with E-state index in [0.717, 1.165) is 51.9 Å². The third kappa shape index (κ3) is 5.31. The molecule has 6 nitrogen and oxygen atoms in total. The van der Waals surface area contributed by atoms with Gasteiger partial charge in [-0.2, -0.15) is 10.2 Å². The van der Waals surface area contributed by atoms with Gasteiger partial charge in [-0.15, -0.1) is 24.8 Å². The fraction of sp³-hybridized carbons (Fsp3) is 0.875. The number of halogens is 2. The third-order valence-corrected chi connectivity index (χ3v) is 4.55. The second kappa shape index (κ2) is 8.99. The van der Waals surface area contributed by atoms with Crippen molar-refractivity contribution in [3.63, 3.8) is 0 Å². The molecule has 0 bridgehead atoms. The third-order valence-electron chi connectivity index (χ3n) is 4.55. The molecule has 0 radical (unpaired) electrons. The molecule has 0 aliphatic carbocycles. The van der Waals surface area contributed by atoms with Crippen molar-refractivity contribution in [2.24, 2.45) is 10.2 Å². The van der Waals surface area contributed by atoms with Crippen LogP contribution in [-0.2, 0) is 0 Å². The van der Waals surface area contributed by atoms with E-state index in [1.165, 1.54) is 0 Å². The number of nitrogens with one attached hydrogen (secondary N) is 2. The first-order valence-electron chi connectivity index (χ1n) is 8.36. The molecule has 2 aliphatic heterocycles. The Hall–Kier alpha value is -0.880. The largest absolute Gasteiger partial charge is 0.358 e. The predicted octanol–water partition coefficient (Wildman–Crippen LogP) is 3.99. The highest BCUT2D eigenvalue weighted by Crippen LogP contribution is 2.23. The molecule has 2 fully saturated rings. The molecule has 0 aromatic heterocycles. The summed E-state index contributed by atoms with van der Waals surface area (Å²) >= 11 is 0. The first kappa shape index (κ1) is 23.1. The van der Waals surface area contributed by atoms with Gasteiger partial charge < -0.3 is 9.80 Å². The lowest BCUT2D eigenvalue weighted by molar-refractivity contribution is 0.429. The summed E-state index contributed by atoms with van der Waals surface area (Å²) in [6.07, 6.45) is 4.61. The van der Waals surface area contributed by atoms with E-state index in [2.05, 4.69) is 20.0 Å². The van der Waals surface area contributed by atoms with Crippen LogP contribution in [0.4, 0.5) is 0 Å². The minimum absolute atomic E-state index is 0. The summed E-state index contributed by atoms with van der Waals surface area (Å²) in [6.45, 7) is 11.5. The molecule has 0 spiro atoms. The molecule has 0 atom stereocenters. The zero-order valence-corrected chi connectivity index (χ0v) is 16.9. The van der Waals surface area contributed by atoms with Crippen molar-refractivity contribution < 1.29 is 0 Å². The van der Waals surface area contributed by atoms with Gasteiger partial charge in [0.05, 0.1) is 0 Å². The zero-order valence-electron chi connectivity index (χ0n) is 15.3. The SMILES string of the molecule is CC(C)(N=NC(C)(C)C(=N)N1CCCC1)C(=N)N1CCCC1.Cl.Cl. The lowest BCUT2D eigenvalue weighted by Gasteiger charge is -2.31.